The van der Waals surface area contributed by atoms with E-state index in [1.807, 2.05) is 30.3 Å². The summed E-state index contributed by atoms with van der Waals surface area (Å²) in [6, 6.07) is 9.38. The molecule has 4 aromatic heterocycles. The quantitative estimate of drug-likeness (QED) is 0.445. The molecule has 10 nitrogen and oxygen atoms in total. The fourth-order valence-corrected chi connectivity index (χ4v) is 5.67. The Hall–Kier alpha value is -3.19. The molecule has 0 amide bonds. The largest absolute Gasteiger partial charge is 0.369 e. The molecule has 1 saturated heterocycles. The molecule has 0 radical (unpaired) electrons. The number of anilines is 2. The first-order valence-electron chi connectivity index (χ1n) is 10.2. The van der Waals surface area contributed by atoms with E-state index in [1.54, 1.807) is 30.2 Å². The lowest BCUT2D eigenvalue weighted by molar-refractivity contribution is -0.00492. The number of pyridine rings is 2. The number of hydrogen-bond donors (Lipinski definition) is 1. The highest BCUT2D eigenvalue weighted by molar-refractivity contribution is 7.89. The van der Waals surface area contributed by atoms with Gasteiger partial charge >= 0.3 is 0 Å². The van der Waals surface area contributed by atoms with Crippen molar-refractivity contribution >= 4 is 32.3 Å². The lowest BCUT2D eigenvalue weighted by atomic mass is 10.2. The summed E-state index contributed by atoms with van der Waals surface area (Å²) >= 11 is 1.50. The molecule has 1 fully saturated rings. The Balaban J connectivity index is 1.31. The second-order valence-corrected chi connectivity index (χ2v) is 10.4. The highest BCUT2D eigenvalue weighted by atomic mass is 32.2. The van der Waals surface area contributed by atoms with Crippen LogP contribution in [-0.4, -0.2) is 56.9 Å². The van der Waals surface area contributed by atoms with Crippen LogP contribution >= 0.6 is 11.3 Å². The van der Waals surface area contributed by atoms with Crippen LogP contribution in [0.25, 0.3) is 10.4 Å². The Morgan fingerprint density at radius 1 is 1.18 bits per heavy atom. The first-order chi connectivity index (χ1) is 16.0. The molecule has 5 heterocycles. The summed E-state index contributed by atoms with van der Waals surface area (Å²) in [7, 11) is -1.97. The normalized spacial score (nSPS) is 17.2. The maximum absolute atomic E-state index is 13.0. The summed E-state index contributed by atoms with van der Waals surface area (Å²) in [6.07, 6.45) is 7.80. The number of imidazole rings is 1. The van der Waals surface area contributed by atoms with Crippen LogP contribution in [0.3, 0.4) is 0 Å². The van der Waals surface area contributed by atoms with Crippen molar-refractivity contribution in [3.05, 3.63) is 67.1 Å². The van der Waals surface area contributed by atoms with Gasteiger partial charge in [0.25, 0.3) is 10.0 Å². The fraction of sp³-hybridized carbons (Fsp3) is 0.238. The van der Waals surface area contributed by atoms with Crippen molar-refractivity contribution in [3.8, 4) is 10.4 Å². The Labute approximate surface area is 195 Å². The Kier molecular flexibility index (Phi) is 5.89. The smallest absolute Gasteiger partial charge is 0.262 e. The third kappa shape index (κ3) is 4.64. The SMILES string of the molecule is Cn1cnc(S(=O)(=O)N2CCOC(c3cccc(Nc4ncc(-c5cccnc5)s4)n3)C2)c1. The van der Waals surface area contributed by atoms with Crippen LogP contribution in [0.1, 0.15) is 11.8 Å². The first-order valence-corrected chi connectivity index (χ1v) is 12.4. The number of sulfonamides is 1. The van der Waals surface area contributed by atoms with Gasteiger partial charge in [0.15, 0.2) is 10.2 Å². The van der Waals surface area contributed by atoms with E-state index in [0.717, 1.165) is 10.4 Å². The van der Waals surface area contributed by atoms with E-state index < -0.39 is 16.1 Å². The summed E-state index contributed by atoms with van der Waals surface area (Å²) in [5.41, 5.74) is 1.64. The van der Waals surface area contributed by atoms with Crippen LogP contribution in [0.15, 0.2) is 66.5 Å². The van der Waals surface area contributed by atoms with Gasteiger partial charge in [0.2, 0.25) is 0 Å². The number of nitrogens with zero attached hydrogens (tertiary/aromatic N) is 6. The molecule has 0 saturated carbocycles. The van der Waals surface area contributed by atoms with Crippen molar-refractivity contribution in [2.45, 2.75) is 11.1 Å². The number of thiazole rings is 1. The van der Waals surface area contributed by atoms with Crippen molar-refractivity contribution in [2.24, 2.45) is 7.05 Å². The Morgan fingerprint density at radius 3 is 2.88 bits per heavy atom. The summed E-state index contributed by atoms with van der Waals surface area (Å²) < 4.78 is 34.8. The van der Waals surface area contributed by atoms with Crippen molar-refractivity contribution in [3.63, 3.8) is 0 Å². The molecule has 1 aliphatic heterocycles. The summed E-state index contributed by atoms with van der Waals surface area (Å²) in [5.74, 6) is 0.605. The highest BCUT2D eigenvalue weighted by Crippen LogP contribution is 2.31. The standard InChI is InChI=1S/C21H21N7O3S2/c1-27-13-20(24-14-27)33(29,30)28-8-9-31-17(12-28)16-5-2-6-19(25-16)26-21-23-11-18(32-21)15-4-3-7-22-10-15/h2-7,10-11,13-14,17H,8-9,12H2,1H3,(H,23,25,26). The van der Waals surface area contributed by atoms with Crippen LogP contribution in [0.4, 0.5) is 10.9 Å². The van der Waals surface area contributed by atoms with Gasteiger partial charge in [-0.15, -0.1) is 0 Å². The van der Waals surface area contributed by atoms with Crippen molar-refractivity contribution < 1.29 is 13.2 Å². The van der Waals surface area contributed by atoms with Crippen LogP contribution in [0.5, 0.6) is 0 Å². The number of hydrogen-bond acceptors (Lipinski definition) is 9. The molecule has 1 aliphatic rings. The van der Waals surface area contributed by atoms with E-state index >= 15 is 0 Å². The topological polar surface area (TPSA) is 115 Å². The Bertz CT molecular complexity index is 1350. The molecule has 0 bridgehead atoms. The van der Waals surface area contributed by atoms with Gasteiger partial charge in [-0.2, -0.15) is 4.31 Å². The fourth-order valence-electron chi connectivity index (χ4n) is 3.46. The second kappa shape index (κ2) is 8.98. The van der Waals surface area contributed by atoms with Gasteiger partial charge in [-0.3, -0.25) is 4.98 Å². The van der Waals surface area contributed by atoms with Gasteiger partial charge < -0.3 is 14.6 Å². The van der Waals surface area contributed by atoms with Crippen molar-refractivity contribution in [1.29, 1.82) is 0 Å². The van der Waals surface area contributed by atoms with Crippen molar-refractivity contribution in [1.82, 2.24) is 28.8 Å². The minimum Gasteiger partial charge on any atom is -0.369 e. The minimum absolute atomic E-state index is 0.0298. The molecule has 4 aromatic rings. The van der Waals surface area contributed by atoms with Crippen LogP contribution in [0.2, 0.25) is 0 Å². The third-order valence-electron chi connectivity index (χ3n) is 5.10. The van der Waals surface area contributed by atoms with E-state index in [1.165, 1.54) is 28.2 Å². The molecule has 33 heavy (non-hydrogen) atoms. The first kappa shape index (κ1) is 21.6. The minimum atomic E-state index is -3.70. The molecule has 5 rings (SSSR count). The molecule has 1 unspecified atom stereocenters. The van der Waals surface area contributed by atoms with Gasteiger partial charge in [0.1, 0.15) is 11.9 Å². The zero-order chi connectivity index (χ0) is 22.8. The van der Waals surface area contributed by atoms with Gasteiger partial charge in [-0.25, -0.2) is 23.4 Å². The zero-order valence-electron chi connectivity index (χ0n) is 17.7. The molecule has 0 aromatic carbocycles. The average molecular weight is 484 g/mol. The molecule has 1 atom stereocenters. The maximum Gasteiger partial charge on any atom is 0.262 e. The molecular weight excluding hydrogens is 462 g/mol. The highest BCUT2D eigenvalue weighted by Gasteiger charge is 2.33. The summed E-state index contributed by atoms with van der Waals surface area (Å²) in [6.45, 7) is 0.707. The molecular formula is C21H21N7O3S2. The van der Waals surface area contributed by atoms with E-state index in [0.29, 0.717) is 16.6 Å². The van der Waals surface area contributed by atoms with Crippen LogP contribution in [-0.2, 0) is 21.8 Å². The van der Waals surface area contributed by atoms with Gasteiger partial charge in [-0.1, -0.05) is 23.5 Å². The number of rotatable bonds is 6. The number of nitrogens with one attached hydrogen (secondary N) is 1. The molecule has 1 N–H and O–H groups in total. The zero-order valence-corrected chi connectivity index (χ0v) is 19.3. The Morgan fingerprint density at radius 2 is 2.09 bits per heavy atom. The van der Waals surface area contributed by atoms with E-state index in [2.05, 4.69) is 25.3 Å². The predicted molar refractivity (Wildman–Crippen MR) is 124 cm³/mol. The third-order valence-corrected chi connectivity index (χ3v) is 7.81. The summed E-state index contributed by atoms with van der Waals surface area (Å²) in [5, 5.41) is 3.95. The second-order valence-electron chi connectivity index (χ2n) is 7.44. The van der Waals surface area contributed by atoms with Crippen LogP contribution < -0.4 is 5.32 Å². The summed E-state index contributed by atoms with van der Waals surface area (Å²) in [4.78, 5) is 18.2. The number of aromatic nitrogens is 5. The number of morpholine rings is 1. The number of ether oxygens (including phenoxy) is 1. The average Bonchev–Trinajstić information content (AvgIpc) is 3.49. The maximum atomic E-state index is 13.0. The van der Waals surface area contributed by atoms with Gasteiger partial charge in [0.05, 0.1) is 23.5 Å². The van der Waals surface area contributed by atoms with E-state index in [4.69, 9.17) is 4.74 Å². The monoisotopic (exact) mass is 483 g/mol. The lowest BCUT2D eigenvalue weighted by Crippen LogP contribution is -2.42. The molecule has 170 valence electrons. The van der Waals surface area contributed by atoms with E-state index in [9.17, 15) is 8.42 Å². The van der Waals surface area contributed by atoms with Crippen molar-refractivity contribution in [2.75, 3.05) is 25.0 Å². The van der Waals surface area contributed by atoms with Gasteiger partial charge in [0, 0.05) is 50.5 Å². The number of aryl methyl sites for hydroxylation is 1. The molecule has 12 heteroatoms. The molecule has 0 aliphatic carbocycles. The van der Waals surface area contributed by atoms with Gasteiger partial charge in [-0.05, 0) is 18.2 Å². The predicted octanol–water partition coefficient (Wildman–Crippen LogP) is 2.84. The molecule has 0 spiro atoms. The lowest BCUT2D eigenvalue weighted by Gasteiger charge is -2.31. The van der Waals surface area contributed by atoms with E-state index in [-0.39, 0.29) is 24.7 Å². The van der Waals surface area contributed by atoms with Crippen LogP contribution in [0, 0.1) is 0 Å².